The molecule has 34 heavy (non-hydrogen) atoms. The normalized spacial score (nSPS) is 52.1. The zero-order valence-corrected chi connectivity index (χ0v) is 17.8. The van der Waals surface area contributed by atoms with Gasteiger partial charge >= 0.3 is 0 Å². The third-order valence-corrected chi connectivity index (χ3v) is 6.16. The molecule has 3 heterocycles. The van der Waals surface area contributed by atoms with E-state index < -0.39 is 112 Å². The summed E-state index contributed by atoms with van der Waals surface area (Å²) in [5.41, 5.74) is 0. The summed E-state index contributed by atoms with van der Waals surface area (Å²) in [6.07, 6.45) is -21.8. The van der Waals surface area contributed by atoms with Gasteiger partial charge in [0.25, 0.3) is 0 Å². The van der Waals surface area contributed by atoms with Crippen molar-refractivity contribution in [3.8, 4) is 0 Å². The second-order valence-electron chi connectivity index (χ2n) is 8.41. The van der Waals surface area contributed by atoms with E-state index in [4.69, 9.17) is 23.7 Å². The standard InChI is InChI=1S/C18H32O16/c19-1-5-8(22)11(25)13(27)16(31-5)30-3-7-9(23)12(26)14(28)17(32-7)34-18(4-21)15(29)10(24)6(2-20)33-18/h5-17,19-29H,1-4H2/t5-,6-,7-,8+,9-,10-,11+,12+,13-,14-,15+,16+,17?,18-/m1/s1. The Morgan fingerprint density at radius 2 is 1.12 bits per heavy atom. The molecule has 16 heteroatoms. The number of aliphatic hydroxyl groups is 11. The van der Waals surface area contributed by atoms with Gasteiger partial charge in [0, 0.05) is 0 Å². The van der Waals surface area contributed by atoms with Gasteiger partial charge in [0.15, 0.2) is 12.6 Å². The largest absolute Gasteiger partial charge is 0.394 e. The first-order valence-corrected chi connectivity index (χ1v) is 10.6. The molecular formula is C18H32O16. The summed E-state index contributed by atoms with van der Waals surface area (Å²) in [7, 11) is 0. The van der Waals surface area contributed by atoms with Crippen molar-refractivity contribution in [3.63, 3.8) is 0 Å². The van der Waals surface area contributed by atoms with E-state index in [-0.39, 0.29) is 0 Å². The molecule has 0 aromatic heterocycles. The summed E-state index contributed by atoms with van der Waals surface area (Å²) >= 11 is 0. The second kappa shape index (κ2) is 11.2. The number of ether oxygens (including phenoxy) is 5. The predicted molar refractivity (Wildman–Crippen MR) is 101 cm³/mol. The highest BCUT2D eigenvalue weighted by Gasteiger charge is 2.58. The van der Waals surface area contributed by atoms with Crippen molar-refractivity contribution in [2.45, 2.75) is 85.5 Å². The molecule has 16 nitrogen and oxygen atoms in total. The quantitative estimate of drug-likeness (QED) is 0.146. The molecule has 14 atom stereocenters. The fourth-order valence-corrected chi connectivity index (χ4v) is 4.01. The first kappa shape index (κ1) is 27.9. The van der Waals surface area contributed by atoms with Crippen molar-refractivity contribution in [3.05, 3.63) is 0 Å². The van der Waals surface area contributed by atoms with Crippen molar-refractivity contribution in [1.82, 2.24) is 0 Å². The average Bonchev–Trinajstić information content (AvgIpc) is 3.08. The van der Waals surface area contributed by atoms with Crippen LogP contribution in [0.5, 0.6) is 0 Å². The van der Waals surface area contributed by atoms with Gasteiger partial charge in [-0.25, -0.2) is 0 Å². The van der Waals surface area contributed by atoms with Gasteiger partial charge in [-0.2, -0.15) is 0 Å². The smallest absolute Gasteiger partial charge is 0.224 e. The Bertz CT molecular complexity index is 653. The summed E-state index contributed by atoms with van der Waals surface area (Å²) in [5, 5.41) is 109. The van der Waals surface area contributed by atoms with Crippen LogP contribution in [0.2, 0.25) is 0 Å². The van der Waals surface area contributed by atoms with Crippen LogP contribution in [0.15, 0.2) is 0 Å². The Hall–Kier alpha value is -0.640. The number of hydrogen-bond donors (Lipinski definition) is 11. The highest BCUT2D eigenvalue weighted by molar-refractivity contribution is 4.98. The van der Waals surface area contributed by atoms with E-state index in [0.29, 0.717) is 0 Å². The van der Waals surface area contributed by atoms with Gasteiger partial charge in [0.1, 0.15) is 73.8 Å². The molecule has 0 amide bonds. The Morgan fingerprint density at radius 3 is 1.65 bits per heavy atom. The molecule has 3 rings (SSSR count). The van der Waals surface area contributed by atoms with Crippen LogP contribution in [0.4, 0.5) is 0 Å². The molecule has 200 valence electrons. The van der Waals surface area contributed by atoms with Gasteiger partial charge in [-0.15, -0.1) is 0 Å². The van der Waals surface area contributed by atoms with E-state index in [9.17, 15) is 56.2 Å². The topological polar surface area (TPSA) is 269 Å². The fourth-order valence-electron chi connectivity index (χ4n) is 4.01. The zero-order valence-electron chi connectivity index (χ0n) is 17.8. The molecule has 0 aromatic rings. The van der Waals surface area contributed by atoms with Crippen LogP contribution in [-0.2, 0) is 23.7 Å². The maximum atomic E-state index is 10.3. The zero-order chi connectivity index (χ0) is 25.4. The molecule has 3 fully saturated rings. The van der Waals surface area contributed by atoms with E-state index in [1.165, 1.54) is 0 Å². The maximum Gasteiger partial charge on any atom is 0.224 e. The second-order valence-corrected chi connectivity index (χ2v) is 8.41. The average molecular weight is 504 g/mol. The first-order chi connectivity index (χ1) is 16.0. The van der Waals surface area contributed by atoms with E-state index >= 15 is 0 Å². The minimum atomic E-state index is -2.36. The molecule has 3 aliphatic rings. The number of rotatable bonds is 8. The first-order valence-electron chi connectivity index (χ1n) is 10.6. The van der Waals surface area contributed by atoms with Crippen molar-refractivity contribution in [1.29, 1.82) is 0 Å². The summed E-state index contributed by atoms with van der Waals surface area (Å²) < 4.78 is 26.4. The number of aliphatic hydroxyl groups excluding tert-OH is 11. The molecule has 0 spiro atoms. The molecule has 1 unspecified atom stereocenters. The van der Waals surface area contributed by atoms with Crippen molar-refractivity contribution >= 4 is 0 Å². The molecular weight excluding hydrogens is 472 g/mol. The molecule has 3 aliphatic heterocycles. The number of hydrogen-bond acceptors (Lipinski definition) is 16. The maximum absolute atomic E-state index is 10.3. The summed E-state index contributed by atoms with van der Waals surface area (Å²) in [5.74, 6) is -2.36. The van der Waals surface area contributed by atoms with Crippen LogP contribution in [0.3, 0.4) is 0 Å². The summed E-state index contributed by atoms with van der Waals surface area (Å²) in [6.45, 7) is -3.14. The molecule has 0 aromatic carbocycles. The molecule has 11 N–H and O–H groups in total. The minimum absolute atomic E-state index is 0.634. The van der Waals surface area contributed by atoms with Crippen molar-refractivity contribution < 1.29 is 79.9 Å². The lowest BCUT2D eigenvalue weighted by atomic mass is 9.98. The fraction of sp³-hybridized carbons (Fsp3) is 1.00. The summed E-state index contributed by atoms with van der Waals surface area (Å²) in [6, 6.07) is 0. The molecule has 0 bridgehead atoms. The van der Waals surface area contributed by atoms with Gasteiger partial charge < -0.3 is 79.9 Å². The highest BCUT2D eigenvalue weighted by atomic mass is 16.8. The van der Waals surface area contributed by atoms with Crippen LogP contribution in [0.1, 0.15) is 0 Å². The monoisotopic (exact) mass is 504 g/mol. The van der Waals surface area contributed by atoms with E-state index in [1.807, 2.05) is 0 Å². The van der Waals surface area contributed by atoms with Crippen molar-refractivity contribution in [2.24, 2.45) is 0 Å². The minimum Gasteiger partial charge on any atom is -0.394 e. The van der Waals surface area contributed by atoms with Gasteiger partial charge in [0.2, 0.25) is 5.79 Å². The van der Waals surface area contributed by atoms with Crippen molar-refractivity contribution in [2.75, 3.05) is 26.4 Å². The van der Waals surface area contributed by atoms with Crippen LogP contribution >= 0.6 is 0 Å². The van der Waals surface area contributed by atoms with Gasteiger partial charge in [0.05, 0.1) is 19.8 Å². The highest BCUT2D eigenvalue weighted by Crippen LogP contribution is 2.36. The molecule has 0 radical (unpaired) electrons. The SMILES string of the molecule is OC[C@H]1O[C@H](OC[C@H]2OC(O[C@@]3(CO)O[C@H](CO)[C@@H](O)[C@@H]3O)[C@H](O)[C@@H](O)[C@@H]2O)[C@H](O)[C@@H](O)[C@H]1O. The Balaban J connectivity index is 1.69. The van der Waals surface area contributed by atoms with Crippen LogP contribution in [-0.4, -0.2) is 168 Å². The third-order valence-electron chi connectivity index (χ3n) is 6.16. The van der Waals surface area contributed by atoms with Crippen LogP contribution in [0.25, 0.3) is 0 Å². The Morgan fingerprint density at radius 1 is 0.588 bits per heavy atom. The lowest BCUT2D eigenvalue weighted by Crippen LogP contribution is -2.63. The van der Waals surface area contributed by atoms with Crippen LogP contribution in [0, 0.1) is 0 Å². The Labute approximate surface area is 192 Å². The van der Waals surface area contributed by atoms with Gasteiger partial charge in [-0.3, -0.25) is 0 Å². The third kappa shape index (κ3) is 5.09. The molecule has 0 aliphatic carbocycles. The van der Waals surface area contributed by atoms with Gasteiger partial charge in [-0.1, -0.05) is 0 Å². The Kier molecular flexibility index (Phi) is 9.18. The van der Waals surface area contributed by atoms with E-state index in [1.54, 1.807) is 0 Å². The van der Waals surface area contributed by atoms with E-state index in [2.05, 4.69) is 0 Å². The lowest BCUT2D eigenvalue weighted by Gasteiger charge is -2.44. The lowest BCUT2D eigenvalue weighted by molar-refractivity contribution is -0.388. The van der Waals surface area contributed by atoms with Gasteiger partial charge in [-0.05, 0) is 0 Å². The van der Waals surface area contributed by atoms with E-state index in [0.717, 1.165) is 0 Å². The van der Waals surface area contributed by atoms with Crippen LogP contribution < -0.4 is 0 Å². The summed E-state index contributed by atoms with van der Waals surface area (Å²) in [4.78, 5) is 0. The predicted octanol–water partition coefficient (Wildman–Crippen LogP) is -7.57. The molecule has 0 saturated carbocycles. The molecule has 3 saturated heterocycles.